The van der Waals surface area contributed by atoms with E-state index in [0.29, 0.717) is 12.3 Å². The lowest BCUT2D eigenvalue weighted by Crippen LogP contribution is -2.25. The summed E-state index contributed by atoms with van der Waals surface area (Å²) in [6, 6.07) is 5.49. The molecular weight excluding hydrogens is 254 g/mol. The van der Waals surface area contributed by atoms with Crippen LogP contribution < -0.4 is 14.8 Å². The molecule has 0 aliphatic heterocycles. The second-order valence-electron chi connectivity index (χ2n) is 5.41. The van der Waals surface area contributed by atoms with Gasteiger partial charge in [0.1, 0.15) is 11.5 Å². The van der Waals surface area contributed by atoms with E-state index in [1.54, 1.807) is 14.2 Å². The highest BCUT2D eigenvalue weighted by Crippen LogP contribution is 2.30. The SMILES string of the molecule is COc1ccc(OC)c(C(O)CNCCC2CCC2)c1. The molecule has 0 aromatic heterocycles. The summed E-state index contributed by atoms with van der Waals surface area (Å²) in [5.41, 5.74) is 0.767. The Labute approximate surface area is 121 Å². The van der Waals surface area contributed by atoms with E-state index in [4.69, 9.17) is 9.47 Å². The maximum absolute atomic E-state index is 10.3. The third-order valence-electron chi connectivity index (χ3n) is 4.09. The highest BCUT2D eigenvalue weighted by molar-refractivity contribution is 5.41. The number of aliphatic hydroxyl groups is 1. The number of nitrogens with one attached hydrogen (secondary N) is 1. The maximum Gasteiger partial charge on any atom is 0.124 e. The van der Waals surface area contributed by atoms with Crippen LogP contribution in [-0.4, -0.2) is 32.4 Å². The fraction of sp³-hybridized carbons (Fsp3) is 0.625. The number of hydrogen-bond acceptors (Lipinski definition) is 4. The smallest absolute Gasteiger partial charge is 0.124 e. The molecule has 4 heteroatoms. The first-order valence-corrected chi connectivity index (χ1v) is 7.35. The van der Waals surface area contributed by atoms with Crippen LogP contribution in [0.1, 0.15) is 37.4 Å². The van der Waals surface area contributed by atoms with Gasteiger partial charge in [0, 0.05) is 12.1 Å². The van der Waals surface area contributed by atoms with Crippen LogP contribution in [0.5, 0.6) is 11.5 Å². The molecule has 1 saturated carbocycles. The molecule has 1 aromatic rings. The fourth-order valence-corrected chi connectivity index (χ4v) is 2.54. The van der Waals surface area contributed by atoms with Gasteiger partial charge in [-0.15, -0.1) is 0 Å². The molecule has 20 heavy (non-hydrogen) atoms. The third-order valence-corrected chi connectivity index (χ3v) is 4.09. The Morgan fingerprint density at radius 1 is 1.30 bits per heavy atom. The Morgan fingerprint density at radius 2 is 2.10 bits per heavy atom. The summed E-state index contributed by atoms with van der Waals surface area (Å²) in [7, 11) is 3.23. The lowest BCUT2D eigenvalue weighted by atomic mass is 9.83. The lowest BCUT2D eigenvalue weighted by Gasteiger charge is -2.25. The van der Waals surface area contributed by atoms with Crippen molar-refractivity contribution in [2.24, 2.45) is 5.92 Å². The molecule has 0 amide bonds. The molecule has 4 nitrogen and oxygen atoms in total. The number of ether oxygens (including phenoxy) is 2. The fourth-order valence-electron chi connectivity index (χ4n) is 2.54. The number of rotatable bonds is 8. The van der Waals surface area contributed by atoms with Crippen molar-refractivity contribution in [3.05, 3.63) is 23.8 Å². The van der Waals surface area contributed by atoms with E-state index in [-0.39, 0.29) is 0 Å². The number of benzene rings is 1. The zero-order valence-corrected chi connectivity index (χ0v) is 12.4. The van der Waals surface area contributed by atoms with E-state index in [1.165, 1.54) is 25.7 Å². The number of methoxy groups -OCH3 is 2. The van der Waals surface area contributed by atoms with Gasteiger partial charge in [0.2, 0.25) is 0 Å². The van der Waals surface area contributed by atoms with Gasteiger partial charge in [-0.25, -0.2) is 0 Å². The molecule has 112 valence electrons. The van der Waals surface area contributed by atoms with E-state index >= 15 is 0 Å². The predicted molar refractivity (Wildman–Crippen MR) is 79.3 cm³/mol. The molecule has 2 rings (SSSR count). The number of hydrogen-bond donors (Lipinski definition) is 2. The first kappa shape index (κ1) is 15.1. The van der Waals surface area contributed by atoms with Gasteiger partial charge in [-0.2, -0.15) is 0 Å². The van der Waals surface area contributed by atoms with Crippen LogP contribution in [0.25, 0.3) is 0 Å². The van der Waals surface area contributed by atoms with Gasteiger partial charge >= 0.3 is 0 Å². The Hall–Kier alpha value is -1.26. The zero-order valence-electron chi connectivity index (χ0n) is 12.4. The average Bonchev–Trinajstić information content (AvgIpc) is 2.44. The van der Waals surface area contributed by atoms with Gasteiger partial charge < -0.3 is 19.9 Å². The van der Waals surface area contributed by atoms with Gasteiger partial charge in [0.05, 0.1) is 20.3 Å². The Balaban J connectivity index is 1.84. The van der Waals surface area contributed by atoms with Gasteiger partial charge in [-0.1, -0.05) is 19.3 Å². The van der Waals surface area contributed by atoms with Crippen molar-refractivity contribution in [1.82, 2.24) is 5.32 Å². The monoisotopic (exact) mass is 279 g/mol. The van der Waals surface area contributed by atoms with E-state index in [9.17, 15) is 5.11 Å². The highest BCUT2D eigenvalue weighted by Gasteiger charge is 2.17. The largest absolute Gasteiger partial charge is 0.497 e. The predicted octanol–water partition coefficient (Wildman–Crippen LogP) is 2.52. The molecule has 1 aromatic carbocycles. The van der Waals surface area contributed by atoms with Crippen LogP contribution in [0.2, 0.25) is 0 Å². The topological polar surface area (TPSA) is 50.7 Å². The Kier molecular flexibility index (Phi) is 5.68. The van der Waals surface area contributed by atoms with Crippen molar-refractivity contribution in [2.75, 3.05) is 27.3 Å². The lowest BCUT2D eigenvalue weighted by molar-refractivity contribution is 0.168. The third kappa shape index (κ3) is 3.87. The quantitative estimate of drug-likeness (QED) is 0.718. The summed E-state index contributed by atoms with van der Waals surface area (Å²) >= 11 is 0. The molecule has 0 heterocycles. The van der Waals surface area contributed by atoms with E-state index in [1.807, 2.05) is 18.2 Å². The molecule has 1 aliphatic carbocycles. The average molecular weight is 279 g/mol. The molecule has 1 fully saturated rings. The van der Waals surface area contributed by atoms with Crippen molar-refractivity contribution >= 4 is 0 Å². The molecule has 1 unspecified atom stereocenters. The van der Waals surface area contributed by atoms with E-state index in [0.717, 1.165) is 23.8 Å². The summed E-state index contributed by atoms with van der Waals surface area (Å²) in [5.74, 6) is 2.32. The first-order valence-electron chi connectivity index (χ1n) is 7.35. The molecule has 0 spiro atoms. The van der Waals surface area contributed by atoms with Crippen molar-refractivity contribution < 1.29 is 14.6 Å². The van der Waals surface area contributed by atoms with Crippen molar-refractivity contribution in [3.8, 4) is 11.5 Å². The molecule has 0 saturated heterocycles. The molecule has 1 aliphatic rings. The second-order valence-corrected chi connectivity index (χ2v) is 5.41. The van der Waals surface area contributed by atoms with Gasteiger partial charge in [-0.05, 0) is 37.1 Å². The molecule has 1 atom stereocenters. The summed E-state index contributed by atoms with van der Waals surface area (Å²) in [4.78, 5) is 0. The second kappa shape index (κ2) is 7.50. The normalized spacial score (nSPS) is 16.6. The standard InChI is InChI=1S/C16H25NO3/c1-19-13-6-7-16(20-2)14(10-13)15(18)11-17-9-8-12-4-3-5-12/h6-7,10,12,15,17-18H,3-5,8-9,11H2,1-2H3. The van der Waals surface area contributed by atoms with Crippen LogP contribution in [0, 0.1) is 5.92 Å². The van der Waals surface area contributed by atoms with Crippen LogP contribution in [0.15, 0.2) is 18.2 Å². The molecular formula is C16H25NO3. The van der Waals surface area contributed by atoms with Crippen molar-refractivity contribution in [3.63, 3.8) is 0 Å². The zero-order chi connectivity index (χ0) is 14.4. The van der Waals surface area contributed by atoms with Crippen LogP contribution in [0.4, 0.5) is 0 Å². The summed E-state index contributed by atoms with van der Waals surface area (Å²) in [5, 5.41) is 13.6. The van der Waals surface area contributed by atoms with Crippen LogP contribution in [0.3, 0.4) is 0 Å². The summed E-state index contributed by atoms with van der Waals surface area (Å²) < 4.78 is 10.5. The first-order chi connectivity index (χ1) is 9.74. The van der Waals surface area contributed by atoms with E-state index < -0.39 is 6.10 Å². The van der Waals surface area contributed by atoms with Gasteiger partial charge in [0.25, 0.3) is 0 Å². The molecule has 2 N–H and O–H groups in total. The van der Waals surface area contributed by atoms with Crippen molar-refractivity contribution in [1.29, 1.82) is 0 Å². The minimum atomic E-state index is -0.582. The Morgan fingerprint density at radius 3 is 2.70 bits per heavy atom. The highest BCUT2D eigenvalue weighted by atomic mass is 16.5. The maximum atomic E-state index is 10.3. The van der Waals surface area contributed by atoms with E-state index in [2.05, 4.69) is 5.32 Å². The Bertz CT molecular complexity index is 418. The summed E-state index contributed by atoms with van der Waals surface area (Å²) in [6.45, 7) is 1.50. The summed E-state index contributed by atoms with van der Waals surface area (Å²) in [6.07, 6.45) is 4.75. The van der Waals surface area contributed by atoms with Crippen LogP contribution in [-0.2, 0) is 0 Å². The minimum absolute atomic E-state index is 0.538. The minimum Gasteiger partial charge on any atom is -0.497 e. The van der Waals surface area contributed by atoms with Gasteiger partial charge in [0.15, 0.2) is 0 Å². The van der Waals surface area contributed by atoms with Crippen molar-refractivity contribution in [2.45, 2.75) is 31.8 Å². The molecule has 0 radical (unpaired) electrons. The number of aliphatic hydroxyl groups excluding tert-OH is 1. The van der Waals surface area contributed by atoms with Gasteiger partial charge in [-0.3, -0.25) is 0 Å². The van der Waals surface area contributed by atoms with Crippen LogP contribution >= 0.6 is 0 Å². The molecule has 0 bridgehead atoms.